The predicted molar refractivity (Wildman–Crippen MR) is 85.3 cm³/mol. The van der Waals surface area contributed by atoms with E-state index in [-0.39, 0.29) is 0 Å². The number of thioether (sulfide) groups is 1. The highest BCUT2D eigenvalue weighted by molar-refractivity contribution is 8.00. The molecule has 2 atom stereocenters. The van der Waals surface area contributed by atoms with Crippen LogP contribution < -0.4 is 5.32 Å². The minimum atomic E-state index is 0.758. The zero-order chi connectivity index (χ0) is 13.1. The maximum Gasteiger partial charge on any atom is 0.0535 e. The van der Waals surface area contributed by atoms with Crippen LogP contribution >= 0.6 is 11.8 Å². The van der Waals surface area contributed by atoms with Crippen molar-refractivity contribution in [3.63, 3.8) is 0 Å². The fourth-order valence-electron chi connectivity index (χ4n) is 2.74. The van der Waals surface area contributed by atoms with Crippen molar-refractivity contribution in [3.05, 3.63) is 0 Å². The van der Waals surface area contributed by atoms with Gasteiger partial charge in [0.15, 0.2) is 0 Å². The second kappa shape index (κ2) is 11.2. The number of rotatable bonds is 11. The first-order valence-corrected chi connectivity index (χ1v) is 9.22. The normalized spacial score (nSPS) is 21.3. The minimum absolute atomic E-state index is 0.758. The van der Waals surface area contributed by atoms with E-state index in [1.807, 2.05) is 0 Å². The average molecular weight is 272 g/mol. The highest BCUT2D eigenvalue weighted by Gasteiger charge is 2.16. The molecule has 0 radical (unpaired) electrons. The van der Waals surface area contributed by atoms with Crippen molar-refractivity contribution >= 4 is 11.8 Å². The van der Waals surface area contributed by atoms with Crippen LogP contribution in [0, 0.1) is 5.92 Å². The quantitative estimate of drug-likeness (QED) is 0.518. The molecule has 0 bridgehead atoms. The zero-order valence-corrected chi connectivity index (χ0v) is 13.4. The standard InChI is InChI=1S/C16H33NS/c1-3-4-5-6-7-8-9-10-11-15(2)14-16-17-12-13-18-16/h15-17H,3-14H2,1-2H3. The van der Waals surface area contributed by atoms with Gasteiger partial charge in [0.25, 0.3) is 0 Å². The van der Waals surface area contributed by atoms with Gasteiger partial charge in [0.2, 0.25) is 0 Å². The molecule has 1 saturated heterocycles. The largest absolute Gasteiger partial charge is 0.305 e. The van der Waals surface area contributed by atoms with Crippen LogP contribution in [-0.2, 0) is 0 Å². The van der Waals surface area contributed by atoms with E-state index in [4.69, 9.17) is 0 Å². The van der Waals surface area contributed by atoms with Crippen LogP contribution in [0.3, 0.4) is 0 Å². The summed E-state index contributed by atoms with van der Waals surface area (Å²) in [6.07, 6.45) is 14.4. The number of nitrogens with one attached hydrogen (secondary N) is 1. The van der Waals surface area contributed by atoms with Crippen LogP contribution in [0.4, 0.5) is 0 Å². The minimum Gasteiger partial charge on any atom is -0.305 e. The Morgan fingerprint density at radius 3 is 2.33 bits per heavy atom. The molecular formula is C16H33NS. The zero-order valence-electron chi connectivity index (χ0n) is 12.5. The molecule has 108 valence electrons. The van der Waals surface area contributed by atoms with Crippen molar-refractivity contribution in [2.75, 3.05) is 12.3 Å². The third-order valence-corrected chi connectivity index (χ3v) is 5.16. The molecule has 1 aliphatic heterocycles. The van der Waals surface area contributed by atoms with E-state index >= 15 is 0 Å². The molecule has 2 unspecified atom stereocenters. The van der Waals surface area contributed by atoms with Gasteiger partial charge in [-0.2, -0.15) is 0 Å². The Bertz CT molecular complexity index is 178. The van der Waals surface area contributed by atoms with Gasteiger partial charge in [0, 0.05) is 12.3 Å². The van der Waals surface area contributed by atoms with Gasteiger partial charge in [-0.3, -0.25) is 0 Å². The molecule has 0 spiro atoms. The highest BCUT2D eigenvalue weighted by atomic mass is 32.2. The summed E-state index contributed by atoms with van der Waals surface area (Å²) in [6, 6.07) is 0. The highest BCUT2D eigenvalue weighted by Crippen LogP contribution is 2.24. The lowest BCUT2D eigenvalue weighted by Gasteiger charge is -2.15. The third kappa shape index (κ3) is 8.42. The lowest BCUT2D eigenvalue weighted by molar-refractivity contribution is 0.435. The van der Waals surface area contributed by atoms with Gasteiger partial charge in [0.05, 0.1) is 5.37 Å². The van der Waals surface area contributed by atoms with E-state index < -0.39 is 0 Å². The van der Waals surface area contributed by atoms with Crippen molar-refractivity contribution < 1.29 is 0 Å². The molecule has 1 N–H and O–H groups in total. The van der Waals surface area contributed by atoms with Gasteiger partial charge in [-0.05, 0) is 12.3 Å². The van der Waals surface area contributed by atoms with E-state index in [0.717, 1.165) is 11.3 Å². The Hall–Kier alpha value is 0.310. The summed E-state index contributed by atoms with van der Waals surface area (Å²) in [4.78, 5) is 0. The van der Waals surface area contributed by atoms with Gasteiger partial charge in [0.1, 0.15) is 0 Å². The molecular weight excluding hydrogens is 238 g/mol. The first kappa shape index (κ1) is 16.4. The van der Waals surface area contributed by atoms with E-state index in [9.17, 15) is 0 Å². The molecule has 0 aromatic carbocycles. The number of hydrogen-bond acceptors (Lipinski definition) is 2. The first-order chi connectivity index (χ1) is 8.83. The maximum absolute atomic E-state index is 3.58. The van der Waals surface area contributed by atoms with Crippen LogP contribution in [-0.4, -0.2) is 17.7 Å². The van der Waals surface area contributed by atoms with E-state index in [0.29, 0.717) is 0 Å². The Morgan fingerprint density at radius 2 is 1.72 bits per heavy atom. The summed E-state index contributed by atoms with van der Waals surface area (Å²) in [6.45, 7) is 5.94. The molecule has 0 aromatic rings. The smallest absolute Gasteiger partial charge is 0.0535 e. The summed E-state index contributed by atoms with van der Waals surface area (Å²) >= 11 is 2.11. The van der Waals surface area contributed by atoms with E-state index in [1.54, 1.807) is 0 Å². The monoisotopic (exact) mass is 271 g/mol. The summed E-state index contributed by atoms with van der Waals surface area (Å²) in [7, 11) is 0. The molecule has 1 fully saturated rings. The Kier molecular flexibility index (Phi) is 10.1. The molecule has 0 aromatic heterocycles. The molecule has 2 heteroatoms. The second-order valence-electron chi connectivity index (χ2n) is 5.92. The maximum atomic E-state index is 3.58. The predicted octanol–water partition coefficient (Wildman–Crippen LogP) is 5.21. The van der Waals surface area contributed by atoms with Crippen LogP contribution in [0.5, 0.6) is 0 Å². The molecule has 1 rings (SSSR count). The topological polar surface area (TPSA) is 12.0 Å². The van der Waals surface area contributed by atoms with Crippen LogP contribution in [0.1, 0.15) is 78.1 Å². The van der Waals surface area contributed by atoms with Crippen molar-refractivity contribution in [3.8, 4) is 0 Å². The van der Waals surface area contributed by atoms with E-state index in [1.165, 1.54) is 76.5 Å². The Labute approximate surface area is 119 Å². The molecule has 1 nitrogen and oxygen atoms in total. The van der Waals surface area contributed by atoms with Gasteiger partial charge in [-0.25, -0.2) is 0 Å². The van der Waals surface area contributed by atoms with Gasteiger partial charge in [-0.1, -0.05) is 71.6 Å². The lowest BCUT2D eigenvalue weighted by atomic mass is 9.98. The van der Waals surface area contributed by atoms with Crippen molar-refractivity contribution in [2.24, 2.45) is 5.92 Å². The Morgan fingerprint density at radius 1 is 1.06 bits per heavy atom. The number of unbranched alkanes of at least 4 members (excludes halogenated alkanes) is 7. The summed E-state index contributed by atoms with van der Waals surface area (Å²) in [5, 5.41) is 4.34. The van der Waals surface area contributed by atoms with Crippen molar-refractivity contribution in [1.82, 2.24) is 5.32 Å². The lowest BCUT2D eigenvalue weighted by Crippen LogP contribution is -2.21. The number of hydrogen-bond donors (Lipinski definition) is 1. The third-order valence-electron chi connectivity index (χ3n) is 3.96. The molecule has 1 aliphatic rings. The molecule has 0 aliphatic carbocycles. The van der Waals surface area contributed by atoms with Crippen LogP contribution in [0.25, 0.3) is 0 Å². The van der Waals surface area contributed by atoms with Gasteiger partial charge in [-0.15, -0.1) is 11.8 Å². The second-order valence-corrected chi connectivity index (χ2v) is 7.23. The van der Waals surface area contributed by atoms with Crippen LogP contribution in [0.15, 0.2) is 0 Å². The van der Waals surface area contributed by atoms with Crippen molar-refractivity contribution in [1.29, 1.82) is 0 Å². The molecule has 1 heterocycles. The van der Waals surface area contributed by atoms with Crippen molar-refractivity contribution in [2.45, 2.75) is 83.4 Å². The van der Waals surface area contributed by atoms with Gasteiger partial charge < -0.3 is 5.32 Å². The van der Waals surface area contributed by atoms with E-state index in [2.05, 4.69) is 30.9 Å². The SMILES string of the molecule is CCCCCCCCCCC(C)CC1NCCS1. The fraction of sp³-hybridized carbons (Fsp3) is 1.00. The molecule has 0 amide bonds. The first-order valence-electron chi connectivity index (χ1n) is 8.18. The average Bonchev–Trinajstić information content (AvgIpc) is 2.85. The Balaban J connectivity index is 1.81. The summed E-state index contributed by atoms with van der Waals surface area (Å²) in [5.74, 6) is 2.22. The van der Waals surface area contributed by atoms with Crippen LogP contribution in [0.2, 0.25) is 0 Å². The van der Waals surface area contributed by atoms with Gasteiger partial charge >= 0.3 is 0 Å². The summed E-state index contributed by atoms with van der Waals surface area (Å²) < 4.78 is 0. The molecule has 18 heavy (non-hydrogen) atoms. The molecule has 0 saturated carbocycles. The fourth-order valence-corrected chi connectivity index (χ4v) is 3.96. The summed E-state index contributed by atoms with van der Waals surface area (Å²) in [5.41, 5.74) is 0.